The Morgan fingerprint density at radius 3 is 2.47 bits per heavy atom. The number of hydrogen-bond acceptors (Lipinski definition) is 1. The molecule has 3 heteroatoms. The Morgan fingerprint density at radius 1 is 1.21 bits per heavy atom. The zero-order valence-corrected chi connectivity index (χ0v) is 11.9. The molecule has 0 unspecified atom stereocenters. The fourth-order valence-corrected chi connectivity index (χ4v) is 2.39. The van der Waals surface area contributed by atoms with Gasteiger partial charge in [-0.2, -0.15) is 0 Å². The molecule has 2 aromatic rings. The van der Waals surface area contributed by atoms with Crippen molar-refractivity contribution in [1.82, 2.24) is 9.78 Å². The van der Waals surface area contributed by atoms with E-state index in [0.717, 1.165) is 36.2 Å². The summed E-state index contributed by atoms with van der Waals surface area (Å²) in [6.45, 7) is 6.33. The minimum Gasteiger partial charge on any atom is -0.295 e. The van der Waals surface area contributed by atoms with Crippen LogP contribution in [0.5, 0.6) is 0 Å². The van der Waals surface area contributed by atoms with Gasteiger partial charge in [0.1, 0.15) is 0 Å². The fourth-order valence-electron chi connectivity index (χ4n) is 2.39. The average molecular weight is 258 g/mol. The summed E-state index contributed by atoms with van der Waals surface area (Å²) >= 11 is 0. The third-order valence-electron chi connectivity index (χ3n) is 3.38. The smallest absolute Gasteiger partial charge is 0.274 e. The predicted octanol–water partition coefficient (Wildman–Crippen LogP) is 3.63. The van der Waals surface area contributed by atoms with Crippen molar-refractivity contribution in [3.63, 3.8) is 0 Å². The number of para-hydroxylation sites is 1. The first-order valence-corrected chi connectivity index (χ1v) is 7.04. The Labute approximate surface area is 114 Å². The first kappa shape index (κ1) is 13.7. The Bertz CT molecular complexity index is 579. The van der Waals surface area contributed by atoms with Crippen LogP contribution in [0.2, 0.25) is 0 Å². The molecule has 3 nitrogen and oxygen atoms in total. The highest BCUT2D eigenvalue weighted by Crippen LogP contribution is 2.17. The minimum atomic E-state index is 0.0901. The molecule has 0 aliphatic carbocycles. The minimum absolute atomic E-state index is 0.0901. The lowest BCUT2D eigenvalue weighted by Gasteiger charge is -2.03. The van der Waals surface area contributed by atoms with Gasteiger partial charge in [-0.15, -0.1) is 0 Å². The third kappa shape index (κ3) is 2.80. The van der Waals surface area contributed by atoms with E-state index in [-0.39, 0.29) is 11.5 Å². The number of aromatic nitrogens is 2. The van der Waals surface area contributed by atoms with Crippen LogP contribution in [0.1, 0.15) is 50.8 Å². The van der Waals surface area contributed by atoms with E-state index in [1.54, 1.807) is 4.68 Å². The van der Waals surface area contributed by atoms with Gasteiger partial charge in [0.05, 0.1) is 5.69 Å². The van der Waals surface area contributed by atoms with Crippen molar-refractivity contribution >= 4 is 0 Å². The Morgan fingerprint density at radius 2 is 1.89 bits per heavy atom. The van der Waals surface area contributed by atoms with Gasteiger partial charge in [0.15, 0.2) is 0 Å². The molecule has 1 aromatic carbocycles. The molecule has 0 radical (unpaired) electrons. The second-order valence-corrected chi connectivity index (χ2v) is 5.24. The zero-order valence-electron chi connectivity index (χ0n) is 11.9. The molecule has 0 bridgehead atoms. The first-order chi connectivity index (χ1) is 9.15. The van der Waals surface area contributed by atoms with Crippen LogP contribution in [0, 0.1) is 0 Å². The molecule has 0 spiro atoms. The van der Waals surface area contributed by atoms with Crippen molar-refractivity contribution in [2.75, 3.05) is 0 Å². The normalized spacial score (nSPS) is 11.2. The lowest BCUT2D eigenvalue weighted by atomic mass is 10.0. The molecule has 0 saturated carbocycles. The molecular formula is C16H22N2O. The van der Waals surface area contributed by atoms with Crippen LogP contribution in [-0.4, -0.2) is 9.78 Å². The van der Waals surface area contributed by atoms with E-state index in [4.69, 9.17) is 0 Å². The number of nitrogens with zero attached hydrogens (tertiary/aromatic N) is 1. The monoisotopic (exact) mass is 258 g/mol. The summed E-state index contributed by atoms with van der Waals surface area (Å²) < 4.78 is 1.67. The van der Waals surface area contributed by atoms with E-state index in [1.807, 2.05) is 30.3 Å². The molecule has 1 aromatic heterocycles. The highest BCUT2D eigenvalue weighted by atomic mass is 16.1. The summed E-state index contributed by atoms with van der Waals surface area (Å²) in [5, 5.41) is 3.29. The van der Waals surface area contributed by atoms with Crippen LogP contribution >= 0.6 is 0 Å². The Kier molecular flexibility index (Phi) is 4.25. The maximum atomic E-state index is 12.5. The summed E-state index contributed by atoms with van der Waals surface area (Å²) in [7, 11) is 0. The van der Waals surface area contributed by atoms with Crippen molar-refractivity contribution in [3.8, 4) is 5.69 Å². The Balaban J connectivity index is 2.49. The van der Waals surface area contributed by atoms with Gasteiger partial charge in [0.25, 0.3) is 5.56 Å². The van der Waals surface area contributed by atoms with Crippen LogP contribution in [0.4, 0.5) is 0 Å². The van der Waals surface area contributed by atoms with Gasteiger partial charge in [0.2, 0.25) is 0 Å². The second-order valence-electron chi connectivity index (χ2n) is 5.24. The van der Waals surface area contributed by atoms with Crippen LogP contribution in [-0.2, 0) is 6.42 Å². The molecule has 0 aliphatic rings. The van der Waals surface area contributed by atoms with Gasteiger partial charge in [-0.05, 0) is 30.9 Å². The number of hydrogen-bond donors (Lipinski definition) is 1. The molecule has 1 heterocycles. The van der Waals surface area contributed by atoms with Crippen LogP contribution in [0.25, 0.3) is 5.69 Å². The Hall–Kier alpha value is -1.77. The average Bonchev–Trinajstić information content (AvgIpc) is 2.74. The molecule has 0 atom stereocenters. The van der Waals surface area contributed by atoms with Crippen molar-refractivity contribution in [2.45, 2.75) is 46.0 Å². The predicted molar refractivity (Wildman–Crippen MR) is 79.1 cm³/mol. The van der Waals surface area contributed by atoms with Crippen LogP contribution in [0.15, 0.2) is 35.1 Å². The van der Waals surface area contributed by atoms with Gasteiger partial charge in [-0.3, -0.25) is 9.89 Å². The van der Waals surface area contributed by atoms with E-state index in [2.05, 4.69) is 25.9 Å². The first-order valence-electron chi connectivity index (χ1n) is 7.04. The van der Waals surface area contributed by atoms with Gasteiger partial charge in [0, 0.05) is 11.3 Å². The van der Waals surface area contributed by atoms with Crippen LogP contribution < -0.4 is 5.56 Å². The number of H-pyrrole nitrogens is 1. The number of nitrogens with one attached hydrogen (secondary N) is 1. The quantitative estimate of drug-likeness (QED) is 0.873. The van der Waals surface area contributed by atoms with E-state index in [1.165, 1.54) is 0 Å². The fraction of sp³-hybridized carbons (Fsp3) is 0.438. The molecule has 2 rings (SSSR count). The molecule has 0 aliphatic heterocycles. The number of aryl methyl sites for hydroxylation is 1. The van der Waals surface area contributed by atoms with E-state index in [0.29, 0.717) is 0 Å². The lowest BCUT2D eigenvalue weighted by molar-refractivity contribution is 0.738. The van der Waals surface area contributed by atoms with Crippen molar-refractivity contribution < 1.29 is 0 Å². The molecule has 19 heavy (non-hydrogen) atoms. The summed E-state index contributed by atoms with van der Waals surface area (Å²) in [4.78, 5) is 12.5. The van der Waals surface area contributed by atoms with E-state index < -0.39 is 0 Å². The highest BCUT2D eigenvalue weighted by molar-refractivity contribution is 5.33. The molecule has 1 N–H and O–H groups in total. The summed E-state index contributed by atoms with van der Waals surface area (Å²) in [5.74, 6) is 0.251. The van der Waals surface area contributed by atoms with Gasteiger partial charge >= 0.3 is 0 Å². The third-order valence-corrected chi connectivity index (χ3v) is 3.38. The summed E-state index contributed by atoms with van der Waals surface area (Å²) in [6.07, 6.45) is 3.18. The number of benzene rings is 1. The summed E-state index contributed by atoms with van der Waals surface area (Å²) in [6, 6.07) is 9.75. The largest absolute Gasteiger partial charge is 0.295 e. The standard InChI is InChI=1S/C16H22N2O/c1-4-5-11-14-15(12(2)3)16(19)18(17-14)13-9-7-6-8-10-13/h6-10,12,17H,4-5,11H2,1-3H3. The second kappa shape index (κ2) is 5.91. The highest BCUT2D eigenvalue weighted by Gasteiger charge is 2.17. The van der Waals surface area contributed by atoms with E-state index >= 15 is 0 Å². The van der Waals surface area contributed by atoms with Gasteiger partial charge in [-0.1, -0.05) is 45.4 Å². The van der Waals surface area contributed by atoms with Crippen molar-refractivity contribution in [2.24, 2.45) is 0 Å². The van der Waals surface area contributed by atoms with Gasteiger partial charge < -0.3 is 0 Å². The number of aromatic amines is 1. The van der Waals surface area contributed by atoms with Crippen molar-refractivity contribution in [3.05, 3.63) is 51.9 Å². The number of unbranched alkanes of at least 4 members (excludes halogenated alkanes) is 1. The molecule has 0 fully saturated rings. The molecule has 0 saturated heterocycles. The molecule has 102 valence electrons. The van der Waals surface area contributed by atoms with E-state index in [9.17, 15) is 4.79 Å². The van der Waals surface area contributed by atoms with Crippen molar-refractivity contribution in [1.29, 1.82) is 0 Å². The zero-order chi connectivity index (χ0) is 13.8. The SMILES string of the molecule is CCCCc1[nH]n(-c2ccccc2)c(=O)c1C(C)C. The maximum absolute atomic E-state index is 12.5. The maximum Gasteiger partial charge on any atom is 0.274 e. The molecule has 0 amide bonds. The molecular weight excluding hydrogens is 236 g/mol. The summed E-state index contributed by atoms with van der Waals surface area (Å²) in [5.41, 5.74) is 3.01. The lowest BCUT2D eigenvalue weighted by Crippen LogP contribution is -2.17. The topological polar surface area (TPSA) is 37.8 Å². The number of rotatable bonds is 5. The van der Waals surface area contributed by atoms with Gasteiger partial charge in [-0.25, -0.2) is 4.68 Å². The van der Waals surface area contributed by atoms with Crippen LogP contribution in [0.3, 0.4) is 0 Å².